The van der Waals surface area contributed by atoms with Crippen LogP contribution in [0.25, 0.3) is 0 Å². The maximum absolute atomic E-state index is 11.4. The average Bonchev–Trinajstić information content (AvgIpc) is 1.78. The Labute approximate surface area is 57.7 Å². The normalized spacial score (nSPS) is 11.9. The minimum atomic E-state index is -5.29. The molecule has 0 radical (unpaired) electrons. The van der Waals surface area contributed by atoms with Crippen molar-refractivity contribution in [1.82, 2.24) is 0 Å². The summed E-state index contributed by atoms with van der Waals surface area (Å²) in [6, 6.07) is 0. The molecule has 0 amide bonds. The van der Waals surface area contributed by atoms with Crippen LogP contribution >= 0.6 is 7.99 Å². The van der Waals surface area contributed by atoms with Gasteiger partial charge in [0.15, 0.2) is 0 Å². The number of hydrogen-bond acceptors (Lipinski definition) is 3. The molecule has 0 atom stereocenters. The highest BCUT2D eigenvalue weighted by atomic mass is 31.2. The Morgan fingerprint density at radius 2 is 2.00 bits per heavy atom. The van der Waals surface area contributed by atoms with Gasteiger partial charge in [-0.1, -0.05) is 0 Å². The summed E-state index contributed by atoms with van der Waals surface area (Å²) in [6.07, 6.45) is 0.689. The van der Waals surface area contributed by atoms with E-state index in [9.17, 15) is 13.0 Å². The first-order valence-corrected chi connectivity index (χ1v) is 4.21. The second-order valence-corrected chi connectivity index (χ2v) is 2.77. The van der Waals surface area contributed by atoms with Gasteiger partial charge < -0.3 is 5.11 Å². The zero-order valence-electron chi connectivity index (χ0n) is 5.30. The van der Waals surface area contributed by atoms with Crippen molar-refractivity contribution < 1.29 is 22.6 Å². The van der Waals surface area contributed by atoms with Gasteiger partial charge in [0.2, 0.25) is 0 Å². The highest BCUT2D eigenvalue weighted by Crippen LogP contribution is 2.50. The lowest BCUT2D eigenvalue weighted by Crippen LogP contribution is -1.90. The molecule has 0 aliphatic rings. The molecule has 0 aliphatic carbocycles. The van der Waals surface area contributed by atoms with Crippen molar-refractivity contribution in [3.8, 4) is 0 Å². The predicted octanol–water partition coefficient (Wildman–Crippen LogP) is 1.82. The van der Waals surface area contributed by atoms with E-state index in [0.29, 0.717) is 12.8 Å². The number of rotatable bonds is 5. The van der Waals surface area contributed by atoms with Crippen molar-refractivity contribution in [3.05, 3.63) is 0 Å². The molecule has 0 aromatic carbocycles. The van der Waals surface area contributed by atoms with Crippen LogP contribution in [-0.2, 0) is 9.09 Å². The van der Waals surface area contributed by atoms with Crippen LogP contribution in [-0.4, -0.2) is 18.3 Å². The first kappa shape index (κ1) is 10.0. The second kappa shape index (κ2) is 4.77. The maximum Gasteiger partial charge on any atom is 0.551 e. The summed E-state index contributed by atoms with van der Waals surface area (Å²) in [5, 5.41) is 8.18. The molecule has 0 fully saturated rings. The van der Waals surface area contributed by atoms with Crippen LogP contribution in [0.3, 0.4) is 0 Å². The minimum Gasteiger partial charge on any atom is -0.396 e. The lowest BCUT2D eigenvalue weighted by atomic mass is 10.3. The third-order valence-electron chi connectivity index (χ3n) is 0.794. The number of aliphatic hydroxyl groups is 1. The van der Waals surface area contributed by atoms with Gasteiger partial charge in [0, 0.05) is 6.61 Å². The lowest BCUT2D eigenvalue weighted by molar-refractivity contribution is 0.228. The van der Waals surface area contributed by atoms with Crippen molar-refractivity contribution in [3.63, 3.8) is 0 Å². The second-order valence-electron chi connectivity index (χ2n) is 1.68. The minimum absolute atomic E-state index is 0.0633. The van der Waals surface area contributed by atoms with Gasteiger partial charge in [-0.2, -0.15) is 0 Å². The van der Waals surface area contributed by atoms with Crippen molar-refractivity contribution in [2.24, 2.45) is 0 Å². The molecule has 0 aromatic rings. The fourth-order valence-electron chi connectivity index (χ4n) is 0.385. The van der Waals surface area contributed by atoms with E-state index in [1.165, 1.54) is 0 Å². The third-order valence-corrected chi connectivity index (χ3v) is 1.28. The fourth-order valence-corrected chi connectivity index (χ4v) is 0.726. The van der Waals surface area contributed by atoms with Gasteiger partial charge in [-0.15, -0.1) is 8.39 Å². The predicted molar refractivity (Wildman–Crippen MR) is 32.1 cm³/mol. The molecule has 0 rings (SSSR count). The topological polar surface area (TPSA) is 46.5 Å². The SMILES string of the molecule is O=P(F)(F)OCCCCO. The van der Waals surface area contributed by atoms with Gasteiger partial charge in [-0.05, 0) is 12.8 Å². The van der Waals surface area contributed by atoms with E-state index in [1.54, 1.807) is 0 Å². The molecule has 0 spiro atoms. The van der Waals surface area contributed by atoms with Crippen LogP contribution < -0.4 is 0 Å². The smallest absolute Gasteiger partial charge is 0.396 e. The molecule has 0 bridgehead atoms. The fraction of sp³-hybridized carbons (Fsp3) is 1.00. The molecular weight excluding hydrogens is 165 g/mol. The summed E-state index contributed by atoms with van der Waals surface area (Å²) in [5.41, 5.74) is 0. The zero-order valence-corrected chi connectivity index (χ0v) is 6.19. The van der Waals surface area contributed by atoms with Crippen LogP contribution in [0.4, 0.5) is 8.39 Å². The molecule has 0 aliphatic heterocycles. The van der Waals surface area contributed by atoms with Gasteiger partial charge in [0.25, 0.3) is 0 Å². The Morgan fingerprint density at radius 3 is 2.40 bits per heavy atom. The van der Waals surface area contributed by atoms with E-state index in [1.807, 2.05) is 0 Å². The number of halogens is 2. The van der Waals surface area contributed by atoms with Gasteiger partial charge in [-0.3, -0.25) is 4.52 Å². The van der Waals surface area contributed by atoms with Crippen LogP contribution in [0, 0.1) is 0 Å². The quantitative estimate of drug-likeness (QED) is 0.510. The van der Waals surface area contributed by atoms with Gasteiger partial charge >= 0.3 is 7.99 Å². The third kappa shape index (κ3) is 8.01. The maximum atomic E-state index is 11.4. The molecule has 0 aromatic heterocycles. The molecule has 0 saturated heterocycles. The Kier molecular flexibility index (Phi) is 4.77. The van der Waals surface area contributed by atoms with Gasteiger partial charge in [0.1, 0.15) is 0 Å². The lowest BCUT2D eigenvalue weighted by Gasteiger charge is -1.98. The van der Waals surface area contributed by atoms with E-state index >= 15 is 0 Å². The van der Waals surface area contributed by atoms with Crippen LogP contribution in [0.15, 0.2) is 0 Å². The van der Waals surface area contributed by atoms with E-state index in [2.05, 4.69) is 4.52 Å². The van der Waals surface area contributed by atoms with Crippen LogP contribution in [0.5, 0.6) is 0 Å². The Morgan fingerprint density at radius 1 is 1.40 bits per heavy atom. The molecule has 3 nitrogen and oxygen atoms in total. The highest BCUT2D eigenvalue weighted by Gasteiger charge is 2.19. The average molecular weight is 174 g/mol. The largest absolute Gasteiger partial charge is 0.551 e. The zero-order chi connectivity index (χ0) is 8.04. The van der Waals surface area contributed by atoms with Crippen molar-refractivity contribution in [2.75, 3.05) is 13.2 Å². The number of aliphatic hydroxyl groups excluding tert-OH is 1. The summed E-state index contributed by atoms with van der Waals surface area (Å²) in [4.78, 5) is 0. The Hall–Kier alpha value is 0.01000. The Balaban J connectivity index is 3.13. The Bertz CT molecular complexity index is 124. The van der Waals surface area contributed by atoms with Crippen molar-refractivity contribution in [2.45, 2.75) is 12.8 Å². The van der Waals surface area contributed by atoms with Crippen LogP contribution in [0.2, 0.25) is 0 Å². The van der Waals surface area contributed by atoms with E-state index < -0.39 is 7.99 Å². The number of hydrogen-bond donors (Lipinski definition) is 1. The van der Waals surface area contributed by atoms with Crippen LogP contribution in [0.1, 0.15) is 12.8 Å². The molecule has 0 saturated carbocycles. The molecule has 10 heavy (non-hydrogen) atoms. The molecular formula is C4H9F2O3P. The van der Waals surface area contributed by atoms with Gasteiger partial charge in [-0.25, -0.2) is 4.57 Å². The summed E-state index contributed by atoms with van der Waals surface area (Å²) in [7, 11) is -5.29. The molecule has 0 unspecified atom stereocenters. The summed E-state index contributed by atoms with van der Waals surface area (Å²) >= 11 is 0. The van der Waals surface area contributed by atoms with Gasteiger partial charge in [0.05, 0.1) is 6.61 Å². The standard InChI is InChI=1S/C4H9F2O3P/c5-10(6,8)9-4-2-1-3-7/h7H,1-4H2. The summed E-state index contributed by atoms with van der Waals surface area (Å²) < 4.78 is 36.0. The molecule has 6 heteroatoms. The monoisotopic (exact) mass is 174 g/mol. The summed E-state index contributed by atoms with van der Waals surface area (Å²) in [6.45, 7) is -0.322. The van der Waals surface area contributed by atoms with E-state index in [0.717, 1.165) is 0 Å². The van der Waals surface area contributed by atoms with Crippen molar-refractivity contribution >= 4 is 7.99 Å². The first-order valence-electron chi connectivity index (χ1n) is 2.81. The molecule has 1 N–H and O–H groups in total. The van der Waals surface area contributed by atoms with Crippen molar-refractivity contribution in [1.29, 1.82) is 0 Å². The first-order chi connectivity index (χ1) is 4.56. The number of unbranched alkanes of at least 4 members (excludes halogenated alkanes) is 1. The summed E-state index contributed by atoms with van der Waals surface area (Å²) in [5.74, 6) is 0. The molecule has 0 heterocycles. The van der Waals surface area contributed by atoms with E-state index in [-0.39, 0.29) is 13.2 Å². The molecule has 62 valence electrons. The highest BCUT2D eigenvalue weighted by molar-refractivity contribution is 7.47. The van der Waals surface area contributed by atoms with E-state index in [4.69, 9.17) is 5.11 Å².